The molecular formula is C21H26ClN3O. The SMILES string of the molecule is Cl.O=C(c1ccccc1Nc1ccccc1)N1CCC2(CCNC2)CC1. The van der Waals surface area contributed by atoms with Crippen molar-refractivity contribution in [3.05, 3.63) is 60.2 Å². The fraction of sp³-hybridized carbons (Fsp3) is 0.381. The Kier molecular flexibility index (Phi) is 5.84. The van der Waals surface area contributed by atoms with E-state index in [9.17, 15) is 4.79 Å². The summed E-state index contributed by atoms with van der Waals surface area (Å²) in [4.78, 5) is 15.1. The number of likely N-dealkylation sites (tertiary alicyclic amines) is 1. The zero-order valence-corrected chi connectivity index (χ0v) is 15.7. The fourth-order valence-corrected chi connectivity index (χ4v) is 4.03. The Balaban J connectivity index is 0.00000196. The van der Waals surface area contributed by atoms with Crippen molar-refractivity contribution in [2.75, 3.05) is 31.5 Å². The maximum Gasteiger partial charge on any atom is 0.255 e. The Bertz CT molecular complexity index is 734. The molecular weight excluding hydrogens is 346 g/mol. The lowest BCUT2D eigenvalue weighted by atomic mass is 9.78. The standard InChI is InChI=1S/C21H25N3O.ClH/c25-20(24-14-11-21(12-15-24)10-13-22-16-21)18-8-4-5-9-19(18)23-17-6-2-1-3-7-17;/h1-9,22-23H,10-16H2;1H. The second-order valence-corrected chi connectivity index (χ2v) is 7.26. The van der Waals surface area contributed by atoms with E-state index in [0.29, 0.717) is 5.41 Å². The van der Waals surface area contributed by atoms with Crippen LogP contribution in [-0.2, 0) is 0 Å². The molecule has 4 rings (SSSR count). The van der Waals surface area contributed by atoms with Crippen molar-refractivity contribution in [3.8, 4) is 0 Å². The van der Waals surface area contributed by atoms with Gasteiger partial charge in [-0.2, -0.15) is 0 Å². The van der Waals surface area contributed by atoms with Crippen LogP contribution >= 0.6 is 12.4 Å². The molecule has 0 aliphatic carbocycles. The Hall–Kier alpha value is -2.04. The number of para-hydroxylation sites is 2. The Labute approximate surface area is 161 Å². The van der Waals surface area contributed by atoms with Gasteiger partial charge >= 0.3 is 0 Å². The molecule has 2 heterocycles. The second kappa shape index (κ2) is 8.11. The van der Waals surface area contributed by atoms with E-state index in [2.05, 4.69) is 10.6 Å². The molecule has 0 aromatic heterocycles. The van der Waals surface area contributed by atoms with Gasteiger partial charge in [-0.1, -0.05) is 30.3 Å². The molecule has 2 saturated heterocycles. The molecule has 2 fully saturated rings. The summed E-state index contributed by atoms with van der Waals surface area (Å²) < 4.78 is 0. The molecule has 2 aromatic carbocycles. The molecule has 0 saturated carbocycles. The van der Waals surface area contributed by atoms with Crippen molar-refractivity contribution in [2.45, 2.75) is 19.3 Å². The van der Waals surface area contributed by atoms with Crippen LogP contribution in [0.4, 0.5) is 11.4 Å². The largest absolute Gasteiger partial charge is 0.355 e. The average Bonchev–Trinajstić information content (AvgIpc) is 3.11. The van der Waals surface area contributed by atoms with E-state index in [1.54, 1.807) is 0 Å². The van der Waals surface area contributed by atoms with Crippen molar-refractivity contribution < 1.29 is 4.79 Å². The predicted molar refractivity (Wildman–Crippen MR) is 108 cm³/mol. The molecule has 1 spiro atoms. The van der Waals surface area contributed by atoms with Gasteiger partial charge in [0.15, 0.2) is 0 Å². The molecule has 1 amide bonds. The molecule has 4 nitrogen and oxygen atoms in total. The highest BCUT2D eigenvalue weighted by Gasteiger charge is 2.38. The summed E-state index contributed by atoms with van der Waals surface area (Å²) in [5.41, 5.74) is 3.06. The second-order valence-electron chi connectivity index (χ2n) is 7.26. The van der Waals surface area contributed by atoms with Crippen LogP contribution in [0.2, 0.25) is 0 Å². The third-order valence-electron chi connectivity index (χ3n) is 5.65. The molecule has 5 heteroatoms. The first-order valence-corrected chi connectivity index (χ1v) is 9.17. The van der Waals surface area contributed by atoms with Crippen LogP contribution in [0, 0.1) is 5.41 Å². The highest BCUT2D eigenvalue weighted by Crippen LogP contribution is 2.37. The maximum absolute atomic E-state index is 13.1. The van der Waals surface area contributed by atoms with Crippen molar-refractivity contribution >= 4 is 29.7 Å². The molecule has 0 unspecified atom stereocenters. The molecule has 26 heavy (non-hydrogen) atoms. The minimum atomic E-state index is 0. The fourth-order valence-electron chi connectivity index (χ4n) is 4.03. The molecule has 2 aromatic rings. The third-order valence-corrected chi connectivity index (χ3v) is 5.65. The Morgan fingerprint density at radius 1 is 0.962 bits per heavy atom. The zero-order chi connectivity index (χ0) is 17.1. The Morgan fingerprint density at radius 3 is 2.35 bits per heavy atom. The van der Waals surface area contributed by atoms with Gasteiger partial charge in [-0.05, 0) is 55.5 Å². The molecule has 0 radical (unpaired) electrons. The smallest absolute Gasteiger partial charge is 0.255 e. The van der Waals surface area contributed by atoms with Crippen LogP contribution < -0.4 is 10.6 Å². The van der Waals surface area contributed by atoms with Crippen LogP contribution in [0.1, 0.15) is 29.6 Å². The summed E-state index contributed by atoms with van der Waals surface area (Å²) in [6, 6.07) is 17.8. The van der Waals surface area contributed by atoms with E-state index in [4.69, 9.17) is 0 Å². The van der Waals surface area contributed by atoms with E-state index in [-0.39, 0.29) is 18.3 Å². The lowest BCUT2D eigenvalue weighted by molar-refractivity contribution is 0.0608. The van der Waals surface area contributed by atoms with Gasteiger partial charge in [0.25, 0.3) is 5.91 Å². The summed E-state index contributed by atoms with van der Waals surface area (Å²) >= 11 is 0. The average molecular weight is 372 g/mol. The van der Waals surface area contributed by atoms with Crippen LogP contribution in [0.15, 0.2) is 54.6 Å². The lowest BCUT2D eigenvalue weighted by Crippen LogP contribution is -2.44. The predicted octanol–water partition coefficient (Wildman–Crippen LogP) is 4.07. The van der Waals surface area contributed by atoms with E-state index in [1.165, 1.54) is 6.42 Å². The topological polar surface area (TPSA) is 44.4 Å². The van der Waals surface area contributed by atoms with Crippen LogP contribution in [-0.4, -0.2) is 37.0 Å². The van der Waals surface area contributed by atoms with E-state index < -0.39 is 0 Å². The van der Waals surface area contributed by atoms with Crippen molar-refractivity contribution in [2.24, 2.45) is 5.41 Å². The van der Waals surface area contributed by atoms with E-state index in [0.717, 1.165) is 56.0 Å². The molecule has 0 bridgehead atoms. The summed E-state index contributed by atoms with van der Waals surface area (Å²) in [7, 11) is 0. The number of anilines is 2. The van der Waals surface area contributed by atoms with Crippen LogP contribution in [0.3, 0.4) is 0 Å². The third kappa shape index (κ3) is 3.87. The van der Waals surface area contributed by atoms with Crippen LogP contribution in [0.25, 0.3) is 0 Å². The van der Waals surface area contributed by atoms with Gasteiger partial charge in [0.1, 0.15) is 0 Å². The van der Waals surface area contributed by atoms with Crippen LogP contribution in [0.5, 0.6) is 0 Å². The van der Waals surface area contributed by atoms with E-state index >= 15 is 0 Å². The van der Waals surface area contributed by atoms with Gasteiger partial charge in [0.05, 0.1) is 11.3 Å². The number of hydrogen-bond donors (Lipinski definition) is 2. The number of carbonyl (C=O) groups excluding carboxylic acids is 1. The number of halogens is 1. The number of piperidine rings is 1. The number of nitrogens with one attached hydrogen (secondary N) is 2. The summed E-state index contributed by atoms with van der Waals surface area (Å²) in [5.74, 6) is 0.139. The minimum Gasteiger partial charge on any atom is -0.355 e. The van der Waals surface area contributed by atoms with Gasteiger partial charge < -0.3 is 15.5 Å². The first-order chi connectivity index (χ1) is 12.3. The zero-order valence-electron chi connectivity index (χ0n) is 14.9. The van der Waals surface area contributed by atoms with Crippen molar-refractivity contribution in [1.82, 2.24) is 10.2 Å². The first kappa shape index (κ1) is 18.7. The van der Waals surface area contributed by atoms with Gasteiger partial charge in [-0.3, -0.25) is 4.79 Å². The lowest BCUT2D eigenvalue weighted by Gasteiger charge is -2.39. The number of nitrogens with zero attached hydrogens (tertiary/aromatic N) is 1. The Morgan fingerprint density at radius 2 is 1.65 bits per heavy atom. The summed E-state index contributed by atoms with van der Waals surface area (Å²) in [6.45, 7) is 3.96. The molecule has 2 N–H and O–H groups in total. The number of hydrogen-bond acceptors (Lipinski definition) is 3. The summed E-state index contributed by atoms with van der Waals surface area (Å²) in [5, 5.41) is 6.87. The highest BCUT2D eigenvalue weighted by molar-refractivity contribution is 6.00. The normalized spacial score (nSPS) is 18.4. The number of carbonyl (C=O) groups is 1. The minimum absolute atomic E-state index is 0. The van der Waals surface area contributed by atoms with E-state index in [1.807, 2.05) is 59.5 Å². The van der Waals surface area contributed by atoms with Gasteiger partial charge in [0.2, 0.25) is 0 Å². The summed E-state index contributed by atoms with van der Waals surface area (Å²) in [6.07, 6.45) is 3.47. The molecule has 138 valence electrons. The van der Waals surface area contributed by atoms with Gasteiger partial charge in [0, 0.05) is 25.3 Å². The first-order valence-electron chi connectivity index (χ1n) is 9.17. The van der Waals surface area contributed by atoms with Crippen molar-refractivity contribution in [3.63, 3.8) is 0 Å². The number of amides is 1. The maximum atomic E-state index is 13.1. The monoisotopic (exact) mass is 371 g/mol. The highest BCUT2D eigenvalue weighted by atomic mass is 35.5. The quantitative estimate of drug-likeness (QED) is 0.854. The molecule has 2 aliphatic heterocycles. The van der Waals surface area contributed by atoms with Gasteiger partial charge in [-0.25, -0.2) is 0 Å². The molecule has 2 aliphatic rings. The number of benzene rings is 2. The number of rotatable bonds is 3. The van der Waals surface area contributed by atoms with Gasteiger partial charge in [-0.15, -0.1) is 12.4 Å². The van der Waals surface area contributed by atoms with Crippen molar-refractivity contribution in [1.29, 1.82) is 0 Å². The molecule has 0 atom stereocenters.